The van der Waals surface area contributed by atoms with E-state index in [1.807, 2.05) is 19.1 Å². The average Bonchev–Trinajstić information content (AvgIpc) is 2.97. The van der Waals surface area contributed by atoms with Gasteiger partial charge in [-0.3, -0.25) is 0 Å². The van der Waals surface area contributed by atoms with Gasteiger partial charge in [-0.2, -0.15) is 5.26 Å². The standard InChI is InChI=1S/C18H21NO2/c1-14(2)15-5-3-4-6-16(15)17(13-19)7-9-18(10-8-17)20-11-12-21-18/h3-6H,1,7-12H2,2H3. The van der Waals surface area contributed by atoms with Crippen molar-refractivity contribution in [3.05, 3.63) is 42.0 Å². The first-order chi connectivity index (χ1) is 10.1. The molecule has 0 bridgehead atoms. The van der Waals surface area contributed by atoms with Gasteiger partial charge in [-0.1, -0.05) is 36.4 Å². The van der Waals surface area contributed by atoms with Crippen LogP contribution in [0.5, 0.6) is 0 Å². The molecular formula is C18H21NO2. The molecule has 2 aliphatic rings. The largest absolute Gasteiger partial charge is 0.348 e. The molecule has 0 atom stereocenters. The van der Waals surface area contributed by atoms with Gasteiger partial charge in [0.05, 0.1) is 24.7 Å². The Labute approximate surface area is 126 Å². The van der Waals surface area contributed by atoms with Crippen molar-refractivity contribution in [2.75, 3.05) is 13.2 Å². The van der Waals surface area contributed by atoms with Crippen LogP contribution in [-0.2, 0) is 14.9 Å². The summed E-state index contributed by atoms with van der Waals surface area (Å²) in [6.45, 7) is 7.39. The summed E-state index contributed by atoms with van der Waals surface area (Å²) in [5.41, 5.74) is 2.76. The molecule has 110 valence electrons. The maximum absolute atomic E-state index is 9.87. The van der Waals surface area contributed by atoms with E-state index in [9.17, 15) is 5.26 Å². The van der Waals surface area contributed by atoms with Crippen LogP contribution in [0.4, 0.5) is 0 Å². The molecule has 0 unspecified atom stereocenters. The minimum Gasteiger partial charge on any atom is -0.348 e. The summed E-state index contributed by atoms with van der Waals surface area (Å²) in [4.78, 5) is 0. The Hall–Kier alpha value is -1.63. The second-order valence-corrected chi connectivity index (χ2v) is 6.13. The van der Waals surface area contributed by atoms with Crippen molar-refractivity contribution < 1.29 is 9.47 Å². The lowest BCUT2D eigenvalue weighted by molar-refractivity contribution is -0.182. The molecule has 1 aromatic rings. The number of ether oxygens (including phenoxy) is 2. The fourth-order valence-electron chi connectivity index (χ4n) is 3.56. The highest BCUT2D eigenvalue weighted by Gasteiger charge is 2.47. The third-order valence-electron chi connectivity index (χ3n) is 4.80. The number of nitriles is 1. The molecule has 0 amide bonds. The lowest BCUT2D eigenvalue weighted by Crippen LogP contribution is -2.41. The van der Waals surface area contributed by atoms with Crippen molar-refractivity contribution in [3.8, 4) is 6.07 Å². The highest BCUT2D eigenvalue weighted by Crippen LogP contribution is 2.47. The number of hydrogen-bond acceptors (Lipinski definition) is 3. The highest BCUT2D eigenvalue weighted by atomic mass is 16.7. The minimum atomic E-state index is -0.448. The van der Waals surface area contributed by atoms with Crippen LogP contribution in [-0.4, -0.2) is 19.0 Å². The minimum absolute atomic E-state index is 0.432. The number of hydrogen-bond donors (Lipinski definition) is 0. The topological polar surface area (TPSA) is 42.2 Å². The normalized spacial score (nSPS) is 22.9. The van der Waals surface area contributed by atoms with Crippen LogP contribution in [0.15, 0.2) is 30.8 Å². The molecular weight excluding hydrogens is 262 g/mol. The van der Waals surface area contributed by atoms with E-state index in [0.29, 0.717) is 13.2 Å². The first-order valence-electron chi connectivity index (χ1n) is 7.55. The van der Waals surface area contributed by atoms with Crippen molar-refractivity contribution in [3.63, 3.8) is 0 Å². The van der Waals surface area contributed by atoms with Gasteiger partial charge in [-0.15, -0.1) is 0 Å². The molecule has 21 heavy (non-hydrogen) atoms. The summed E-state index contributed by atoms with van der Waals surface area (Å²) in [6, 6.07) is 10.7. The van der Waals surface area contributed by atoms with Crippen LogP contribution in [0.25, 0.3) is 5.57 Å². The van der Waals surface area contributed by atoms with Gasteiger partial charge in [0.1, 0.15) is 0 Å². The predicted octanol–water partition coefficient (Wildman–Crippen LogP) is 3.80. The van der Waals surface area contributed by atoms with Crippen LogP contribution in [0.3, 0.4) is 0 Å². The smallest absolute Gasteiger partial charge is 0.168 e. The molecule has 1 aromatic carbocycles. The Bertz CT molecular complexity index is 583. The van der Waals surface area contributed by atoms with E-state index in [4.69, 9.17) is 9.47 Å². The molecule has 1 heterocycles. The monoisotopic (exact) mass is 283 g/mol. The molecule has 1 saturated heterocycles. The van der Waals surface area contributed by atoms with Crippen LogP contribution < -0.4 is 0 Å². The Morgan fingerprint density at radius 2 is 1.76 bits per heavy atom. The van der Waals surface area contributed by atoms with E-state index in [2.05, 4.69) is 24.8 Å². The zero-order chi connectivity index (χ0) is 14.9. The van der Waals surface area contributed by atoms with Gasteiger partial charge >= 0.3 is 0 Å². The van der Waals surface area contributed by atoms with E-state index in [-0.39, 0.29) is 0 Å². The van der Waals surface area contributed by atoms with E-state index in [0.717, 1.165) is 42.4 Å². The molecule has 3 nitrogen and oxygen atoms in total. The molecule has 3 heteroatoms. The van der Waals surface area contributed by atoms with E-state index in [1.165, 1.54) is 0 Å². The van der Waals surface area contributed by atoms with E-state index >= 15 is 0 Å². The first-order valence-corrected chi connectivity index (χ1v) is 7.55. The lowest BCUT2D eigenvalue weighted by Gasteiger charge is -2.40. The average molecular weight is 283 g/mol. The van der Waals surface area contributed by atoms with Gasteiger partial charge in [0.2, 0.25) is 0 Å². The van der Waals surface area contributed by atoms with Crippen molar-refractivity contribution >= 4 is 5.57 Å². The molecule has 0 radical (unpaired) electrons. The molecule has 1 aliphatic carbocycles. The summed E-state index contributed by atoms with van der Waals surface area (Å²) in [5.74, 6) is -0.432. The summed E-state index contributed by atoms with van der Waals surface area (Å²) in [5, 5.41) is 9.87. The van der Waals surface area contributed by atoms with Crippen LogP contribution in [0.1, 0.15) is 43.7 Å². The van der Waals surface area contributed by atoms with Gasteiger partial charge in [0.25, 0.3) is 0 Å². The molecule has 1 saturated carbocycles. The molecule has 2 fully saturated rings. The summed E-state index contributed by atoms with van der Waals surface area (Å²) >= 11 is 0. The SMILES string of the molecule is C=C(C)c1ccccc1C1(C#N)CCC2(CC1)OCCO2. The molecule has 3 rings (SSSR count). The highest BCUT2D eigenvalue weighted by molar-refractivity contribution is 5.66. The van der Waals surface area contributed by atoms with Crippen molar-refractivity contribution in [2.45, 2.75) is 43.8 Å². The van der Waals surface area contributed by atoms with E-state index < -0.39 is 11.2 Å². The quantitative estimate of drug-likeness (QED) is 0.829. The zero-order valence-electron chi connectivity index (χ0n) is 12.5. The fraction of sp³-hybridized carbons (Fsp3) is 0.500. The number of allylic oxidation sites excluding steroid dienone is 1. The van der Waals surface area contributed by atoms with Gasteiger partial charge in [-0.25, -0.2) is 0 Å². The lowest BCUT2D eigenvalue weighted by atomic mass is 9.67. The van der Waals surface area contributed by atoms with E-state index in [1.54, 1.807) is 0 Å². The van der Waals surface area contributed by atoms with Crippen LogP contribution in [0, 0.1) is 11.3 Å². The Morgan fingerprint density at radius 3 is 2.33 bits per heavy atom. The molecule has 1 aliphatic heterocycles. The predicted molar refractivity (Wildman–Crippen MR) is 81.5 cm³/mol. The maximum atomic E-state index is 9.87. The Balaban J connectivity index is 1.93. The van der Waals surface area contributed by atoms with Gasteiger partial charge in [-0.05, 0) is 30.9 Å². The van der Waals surface area contributed by atoms with Gasteiger partial charge in [0, 0.05) is 12.8 Å². The Morgan fingerprint density at radius 1 is 1.14 bits per heavy atom. The number of nitrogens with zero attached hydrogens (tertiary/aromatic N) is 1. The molecule has 0 N–H and O–H groups in total. The number of benzene rings is 1. The van der Waals surface area contributed by atoms with Gasteiger partial charge < -0.3 is 9.47 Å². The maximum Gasteiger partial charge on any atom is 0.168 e. The Kier molecular flexibility index (Phi) is 3.61. The fourth-order valence-corrected chi connectivity index (χ4v) is 3.56. The second-order valence-electron chi connectivity index (χ2n) is 6.13. The third-order valence-corrected chi connectivity index (χ3v) is 4.80. The van der Waals surface area contributed by atoms with Gasteiger partial charge in [0.15, 0.2) is 5.79 Å². The zero-order valence-corrected chi connectivity index (χ0v) is 12.5. The summed E-state index contributed by atoms with van der Waals surface area (Å²) in [6.07, 6.45) is 3.11. The summed E-state index contributed by atoms with van der Waals surface area (Å²) < 4.78 is 11.6. The van der Waals surface area contributed by atoms with Crippen molar-refractivity contribution in [2.24, 2.45) is 0 Å². The first kappa shape index (κ1) is 14.3. The molecule has 1 spiro atoms. The molecule has 0 aromatic heterocycles. The van der Waals surface area contributed by atoms with Crippen LogP contribution in [0.2, 0.25) is 0 Å². The number of rotatable bonds is 2. The summed E-state index contributed by atoms with van der Waals surface area (Å²) in [7, 11) is 0. The van der Waals surface area contributed by atoms with Crippen molar-refractivity contribution in [1.29, 1.82) is 5.26 Å². The van der Waals surface area contributed by atoms with Crippen LogP contribution >= 0.6 is 0 Å². The van der Waals surface area contributed by atoms with Crippen molar-refractivity contribution in [1.82, 2.24) is 0 Å². The third kappa shape index (κ3) is 2.39. The second kappa shape index (κ2) is 5.29.